The number of ether oxygens (including phenoxy) is 2. The van der Waals surface area contributed by atoms with E-state index < -0.39 is 5.97 Å². The van der Waals surface area contributed by atoms with Gasteiger partial charge < -0.3 is 14.6 Å². The lowest BCUT2D eigenvalue weighted by Crippen LogP contribution is -2.06. The highest BCUT2D eigenvalue weighted by Crippen LogP contribution is 2.15. The van der Waals surface area contributed by atoms with Crippen LogP contribution in [0.1, 0.15) is 45.1 Å². The van der Waals surface area contributed by atoms with Crippen LogP contribution in [0.5, 0.6) is 5.75 Å². The molecule has 21 heavy (non-hydrogen) atoms. The summed E-state index contributed by atoms with van der Waals surface area (Å²) >= 11 is 0. The molecule has 0 aromatic heterocycles. The zero-order valence-corrected chi connectivity index (χ0v) is 12.8. The molecule has 0 atom stereocenters. The van der Waals surface area contributed by atoms with Crippen molar-refractivity contribution in [2.24, 2.45) is 0 Å². The van der Waals surface area contributed by atoms with Crippen LogP contribution in [0.15, 0.2) is 30.0 Å². The first kappa shape index (κ1) is 17.1. The highest BCUT2D eigenvalue weighted by atomic mass is 16.5. The SMILES string of the molecule is CCCCOC(=Cc1ccc(OCCCC)cc1)C(=O)O. The first-order valence-electron chi connectivity index (χ1n) is 7.48. The molecule has 0 fully saturated rings. The van der Waals surface area contributed by atoms with E-state index in [1.807, 2.05) is 31.2 Å². The first-order valence-corrected chi connectivity index (χ1v) is 7.48. The van der Waals surface area contributed by atoms with Crippen molar-refractivity contribution in [3.8, 4) is 5.75 Å². The Kier molecular flexibility index (Phi) is 8.02. The number of carboxylic acids is 1. The second-order valence-electron chi connectivity index (χ2n) is 4.79. The fourth-order valence-corrected chi connectivity index (χ4v) is 1.64. The van der Waals surface area contributed by atoms with Gasteiger partial charge in [-0.05, 0) is 36.6 Å². The van der Waals surface area contributed by atoms with Crippen molar-refractivity contribution in [2.75, 3.05) is 13.2 Å². The minimum absolute atomic E-state index is 0.0249. The minimum atomic E-state index is -1.05. The van der Waals surface area contributed by atoms with Gasteiger partial charge in [0.2, 0.25) is 5.76 Å². The topological polar surface area (TPSA) is 55.8 Å². The van der Waals surface area contributed by atoms with E-state index in [1.54, 1.807) is 0 Å². The molecule has 0 aliphatic carbocycles. The van der Waals surface area contributed by atoms with Crippen LogP contribution in [0.4, 0.5) is 0 Å². The predicted molar refractivity (Wildman–Crippen MR) is 83.3 cm³/mol. The maximum atomic E-state index is 11.1. The van der Waals surface area contributed by atoms with Crippen LogP contribution < -0.4 is 4.74 Å². The number of benzene rings is 1. The summed E-state index contributed by atoms with van der Waals surface area (Å²) in [4.78, 5) is 11.1. The van der Waals surface area contributed by atoms with E-state index >= 15 is 0 Å². The van der Waals surface area contributed by atoms with Crippen LogP contribution in [-0.2, 0) is 9.53 Å². The Morgan fingerprint density at radius 2 is 1.71 bits per heavy atom. The third-order valence-electron chi connectivity index (χ3n) is 2.91. The summed E-state index contributed by atoms with van der Waals surface area (Å²) < 4.78 is 10.9. The molecule has 1 N–H and O–H groups in total. The molecule has 1 aromatic rings. The van der Waals surface area contributed by atoms with Gasteiger partial charge in [0.1, 0.15) is 5.75 Å². The lowest BCUT2D eigenvalue weighted by Gasteiger charge is -2.07. The van der Waals surface area contributed by atoms with Gasteiger partial charge in [-0.3, -0.25) is 0 Å². The molecule has 116 valence electrons. The second-order valence-corrected chi connectivity index (χ2v) is 4.79. The third kappa shape index (κ3) is 6.84. The van der Waals surface area contributed by atoms with Crippen molar-refractivity contribution in [2.45, 2.75) is 39.5 Å². The molecule has 0 unspecified atom stereocenters. The Labute approximate surface area is 126 Å². The van der Waals surface area contributed by atoms with Crippen LogP contribution in [0.2, 0.25) is 0 Å². The Hall–Kier alpha value is -1.97. The zero-order chi connectivity index (χ0) is 15.5. The standard InChI is InChI=1S/C17H24O4/c1-3-5-11-20-15-9-7-14(8-10-15)13-16(17(18)19)21-12-6-4-2/h7-10,13H,3-6,11-12H2,1-2H3,(H,18,19). The fraction of sp³-hybridized carbons (Fsp3) is 0.471. The fourth-order valence-electron chi connectivity index (χ4n) is 1.64. The van der Waals surface area contributed by atoms with Crippen LogP contribution in [0.25, 0.3) is 6.08 Å². The summed E-state index contributed by atoms with van der Waals surface area (Å²) in [6, 6.07) is 7.33. The molecule has 0 saturated heterocycles. The molecule has 0 saturated carbocycles. The molecule has 0 aliphatic rings. The highest BCUT2D eigenvalue weighted by molar-refractivity contribution is 5.89. The van der Waals surface area contributed by atoms with E-state index in [1.165, 1.54) is 6.08 Å². The smallest absolute Gasteiger partial charge is 0.371 e. The number of aliphatic carboxylic acids is 1. The van der Waals surface area contributed by atoms with Crippen molar-refractivity contribution < 1.29 is 19.4 Å². The minimum Gasteiger partial charge on any atom is -0.494 e. The van der Waals surface area contributed by atoms with Gasteiger partial charge in [0, 0.05) is 0 Å². The number of hydrogen-bond acceptors (Lipinski definition) is 3. The molecule has 4 nitrogen and oxygen atoms in total. The quantitative estimate of drug-likeness (QED) is 0.400. The van der Waals surface area contributed by atoms with E-state index in [2.05, 4.69) is 6.92 Å². The number of carbonyl (C=O) groups is 1. The van der Waals surface area contributed by atoms with Crippen LogP contribution >= 0.6 is 0 Å². The van der Waals surface area contributed by atoms with Gasteiger partial charge in [0.25, 0.3) is 0 Å². The Balaban J connectivity index is 2.64. The van der Waals surface area contributed by atoms with Gasteiger partial charge in [0.05, 0.1) is 13.2 Å². The average molecular weight is 292 g/mol. The molecule has 4 heteroatoms. The molecule has 0 bridgehead atoms. The Morgan fingerprint density at radius 3 is 2.29 bits per heavy atom. The second kappa shape index (κ2) is 9.86. The molecule has 0 heterocycles. The average Bonchev–Trinajstić information content (AvgIpc) is 2.48. The Morgan fingerprint density at radius 1 is 1.10 bits per heavy atom. The lowest BCUT2D eigenvalue weighted by atomic mass is 10.2. The van der Waals surface area contributed by atoms with Crippen LogP contribution in [-0.4, -0.2) is 24.3 Å². The molecule has 0 amide bonds. The van der Waals surface area contributed by atoms with Crippen molar-refractivity contribution in [3.05, 3.63) is 35.6 Å². The summed E-state index contributed by atoms with van der Waals surface area (Å²) in [5.74, 6) is -0.276. The van der Waals surface area contributed by atoms with Crippen LogP contribution in [0, 0.1) is 0 Å². The summed E-state index contributed by atoms with van der Waals surface area (Å²) in [7, 11) is 0. The molecule has 0 spiro atoms. The van der Waals surface area contributed by atoms with Gasteiger partial charge in [-0.15, -0.1) is 0 Å². The van der Waals surface area contributed by atoms with E-state index in [0.29, 0.717) is 13.2 Å². The van der Waals surface area contributed by atoms with Crippen LogP contribution in [0.3, 0.4) is 0 Å². The van der Waals surface area contributed by atoms with Gasteiger partial charge in [-0.2, -0.15) is 0 Å². The van der Waals surface area contributed by atoms with E-state index in [-0.39, 0.29) is 5.76 Å². The normalized spacial score (nSPS) is 11.2. The van der Waals surface area contributed by atoms with Gasteiger partial charge >= 0.3 is 5.97 Å². The number of rotatable bonds is 10. The first-order chi connectivity index (χ1) is 10.2. The third-order valence-corrected chi connectivity index (χ3v) is 2.91. The molecule has 0 aliphatic heterocycles. The molecule has 0 radical (unpaired) electrons. The van der Waals surface area contributed by atoms with E-state index in [4.69, 9.17) is 14.6 Å². The van der Waals surface area contributed by atoms with Crippen molar-refractivity contribution in [1.82, 2.24) is 0 Å². The summed E-state index contributed by atoms with van der Waals surface area (Å²) in [6.07, 6.45) is 5.47. The largest absolute Gasteiger partial charge is 0.494 e. The molecular weight excluding hydrogens is 268 g/mol. The molecule has 1 rings (SSSR count). The monoisotopic (exact) mass is 292 g/mol. The van der Waals surface area contributed by atoms with Crippen molar-refractivity contribution in [1.29, 1.82) is 0 Å². The van der Waals surface area contributed by atoms with E-state index in [9.17, 15) is 4.79 Å². The number of unbranched alkanes of at least 4 members (excludes halogenated alkanes) is 2. The number of hydrogen-bond donors (Lipinski definition) is 1. The van der Waals surface area contributed by atoms with Gasteiger partial charge in [-0.25, -0.2) is 4.79 Å². The van der Waals surface area contributed by atoms with Crippen molar-refractivity contribution >= 4 is 12.0 Å². The van der Waals surface area contributed by atoms with E-state index in [0.717, 1.165) is 37.0 Å². The van der Waals surface area contributed by atoms with Crippen molar-refractivity contribution in [3.63, 3.8) is 0 Å². The molecule has 1 aromatic carbocycles. The van der Waals surface area contributed by atoms with Gasteiger partial charge in [-0.1, -0.05) is 38.8 Å². The summed E-state index contributed by atoms with van der Waals surface area (Å²) in [5, 5.41) is 9.11. The maximum Gasteiger partial charge on any atom is 0.371 e. The Bertz CT molecular complexity index is 448. The maximum absolute atomic E-state index is 11.1. The number of carboxylic acid groups (broad SMARTS) is 1. The molecular formula is C17H24O4. The predicted octanol–water partition coefficient (Wildman–Crippen LogP) is 4.11. The van der Waals surface area contributed by atoms with Gasteiger partial charge in [0.15, 0.2) is 0 Å². The summed E-state index contributed by atoms with van der Waals surface area (Å²) in [6.45, 7) is 5.27. The summed E-state index contributed by atoms with van der Waals surface area (Å²) in [5.41, 5.74) is 0.784. The zero-order valence-electron chi connectivity index (χ0n) is 12.8. The lowest BCUT2D eigenvalue weighted by molar-refractivity contribution is -0.136. The highest BCUT2D eigenvalue weighted by Gasteiger charge is 2.08.